The third-order valence-electron chi connectivity index (χ3n) is 4.14. The Morgan fingerprint density at radius 1 is 1.42 bits per heavy atom. The molecule has 1 unspecified atom stereocenters. The van der Waals surface area contributed by atoms with E-state index in [9.17, 15) is 9.59 Å². The van der Waals surface area contributed by atoms with Gasteiger partial charge in [0.15, 0.2) is 0 Å². The van der Waals surface area contributed by atoms with E-state index in [0.717, 1.165) is 25.7 Å². The average molecular weight is 286 g/mol. The number of carbonyl (C=O) groups is 2. The topological polar surface area (TPSA) is 78.4 Å². The van der Waals surface area contributed by atoms with Gasteiger partial charge in [-0.25, -0.2) is 9.59 Å². The minimum atomic E-state index is -0.940. The molecule has 2 rings (SSSR count). The number of hydrogen-bond donors (Lipinski definition) is 3. The van der Waals surface area contributed by atoms with E-state index >= 15 is 0 Å². The van der Waals surface area contributed by atoms with Gasteiger partial charge in [-0.05, 0) is 31.4 Å². The van der Waals surface area contributed by atoms with E-state index in [4.69, 9.17) is 5.11 Å². The lowest BCUT2D eigenvalue weighted by molar-refractivity contribution is -0.139. The Balaban J connectivity index is 1.73. The molecule has 0 saturated heterocycles. The monoisotopic (exact) mass is 286 g/mol. The molecule has 2 saturated carbocycles. The number of amides is 2. The van der Waals surface area contributed by atoms with Crippen molar-refractivity contribution < 1.29 is 14.7 Å². The first-order valence-corrected chi connectivity index (χ1v) is 8.09. The van der Waals surface area contributed by atoms with E-state index in [1.807, 2.05) is 0 Å². The largest absolute Gasteiger partial charge is 0.480 e. The second kappa shape index (κ2) is 6.03. The molecule has 1 atom stereocenters. The van der Waals surface area contributed by atoms with Crippen molar-refractivity contribution in [2.45, 2.75) is 49.3 Å². The minimum absolute atomic E-state index is 0.173. The van der Waals surface area contributed by atoms with Crippen LogP contribution in [0.25, 0.3) is 0 Å². The maximum Gasteiger partial charge on any atom is 0.326 e. The lowest BCUT2D eigenvalue weighted by Gasteiger charge is -2.40. The summed E-state index contributed by atoms with van der Waals surface area (Å²) in [5, 5.41) is 14.5. The fourth-order valence-electron chi connectivity index (χ4n) is 2.38. The van der Waals surface area contributed by atoms with Crippen molar-refractivity contribution in [3.63, 3.8) is 0 Å². The molecular formula is C13H22N2O3S. The molecule has 3 N–H and O–H groups in total. The summed E-state index contributed by atoms with van der Waals surface area (Å²) in [5.41, 5.74) is 0. The normalized spacial score (nSPS) is 22.2. The smallest absolute Gasteiger partial charge is 0.326 e. The number of urea groups is 1. The predicted octanol–water partition coefficient (Wildman–Crippen LogP) is 1.82. The summed E-state index contributed by atoms with van der Waals surface area (Å²) >= 11 is 1.79. The number of carboxylic acid groups (broad SMARTS) is 1. The first kappa shape index (κ1) is 14.5. The van der Waals surface area contributed by atoms with Crippen molar-refractivity contribution in [3.8, 4) is 0 Å². The summed E-state index contributed by atoms with van der Waals surface area (Å²) in [7, 11) is 0. The second-order valence-electron chi connectivity index (χ2n) is 5.64. The van der Waals surface area contributed by atoms with Gasteiger partial charge in [-0.3, -0.25) is 0 Å². The first-order valence-electron chi connectivity index (χ1n) is 6.87. The van der Waals surface area contributed by atoms with Crippen LogP contribution in [0.5, 0.6) is 0 Å². The Hall–Kier alpha value is -0.910. The highest BCUT2D eigenvalue weighted by molar-refractivity contribution is 8.00. The summed E-state index contributed by atoms with van der Waals surface area (Å²) in [4.78, 5) is 22.8. The van der Waals surface area contributed by atoms with Crippen LogP contribution in [0.3, 0.4) is 0 Å². The quantitative estimate of drug-likeness (QED) is 0.667. The van der Waals surface area contributed by atoms with E-state index in [1.54, 1.807) is 11.8 Å². The molecule has 2 aliphatic carbocycles. The molecule has 0 aromatic rings. The van der Waals surface area contributed by atoms with Gasteiger partial charge >= 0.3 is 12.0 Å². The van der Waals surface area contributed by atoms with E-state index in [0.29, 0.717) is 18.9 Å². The minimum Gasteiger partial charge on any atom is -0.480 e. The van der Waals surface area contributed by atoms with Crippen LogP contribution in [0.15, 0.2) is 0 Å². The Bertz CT molecular complexity index is 348. The van der Waals surface area contributed by atoms with Gasteiger partial charge in [0.05, 0.1) is 0 Å². The molecule has 0 aliphatic heterocycles. The predicted molar refractivity (Wildman–Crippen MR) is 75.4 cm³/mol. The summed E-state index contributed by atoms with van der Waals surface area (Å²) in [6.45, 7) is 0.621. The fourth-order valence-corrected chi connectivity index (χ4v) is 3.30. The van der Waals surface area contributed by atoms with Crippen molar-refractivity contribution in [2.75, 3.05) is 12.8 Å². The van der Waals surface area contributed by atoms with E-state index < -0.39 is 12.0 Å². The first-order chi connectivity index (χ1) is 9.04. The maximum absolute atomic E-state index is 11.8. The number of aliphatic carboxylic acids is 1. The van der Waals surface area contributed by atoms with Crippen LogP contribution in [-0.2, 0) is 4.79 Å². The number of carbonyl (C=O) groups excluding carboxylic acids is 1. The lowest BCUT2D eigenvalue weighted by Crippen LogP contribution is -2.51. The van der Waals surface area contributed by atoms with E-state index in [-0.39, 0.29) is 10.8 Å². The number of carboxylic acids is 1. The van der Waals surface area contributed by atoms with Crippen LogP contribution in [0.1, 0.15) is 38.5 Å². The molecule has 0 aromatic heterocycles. The lowest BCUT2D eigenvalue weighted by atomic mass is 9.84. The molecule has 0 spiro atoms. The Kier molecular flexibility index (Phi) is 4.60. The molecule has 2 amide bonds. The van der Waals surface area contributed by atoms with Crippen molar-refractivity contribution in [3.05, 3.63) is 0 Å². The van der Waals surface area contributed by atoms with Crippen LogP contribution in [0, 0.1) is 5.92 Å². The summed E-state index contributed by atoms with van der Waals surface area (Å²) in [6, 6.07) is -1.10. The Morgan fingerprint density at radius 2 is 2.11 bits per heavy atom. The average Bonchev–Trinajstić information content (AvgIpc) is 3.11. The molecular weight excluding hydrogens is 264 g/mol. The van der Waals surface area contributed by atoms with Gasteiger partial charge in [0.25, 0.3) is 0 Å². The highest BCUT2D eigenvalue weighted by Gasteiger charge is 2.36. The number of rotatable bonds is 7. The molecule has 108 valence electrons. The van der Waals surface area contributed by atoms with E-state index in [2.05, 4.69) is 16.9 Å². The van der Waals surface area contributed by atoms with Crippen molar-refractivity contribution in [1.82, 2.24) is 10.6 Å². The van der Waals surface area contributed by atoms with Crippen LogP contribution in [0.4, 0.5) is 4.79 Å². The molecule has 0 aromatic carbocycles. The van der Waals surface area contributed by atoms with Crippen molar-refractivity contribution in [2.24, 2.45) is 5.92 Å². The molecule has 2 fully saturated rings. The van der Waals surface area contributed by atoms with E-state index in [1.165, 1.54) is 6.42 Å². The van der Waals surface area contributed by atoms with Crippen LogP contribution < -0.4 is 10.6 Å². The highest BCUT2D eigenvalue weighted by atomic mass is 32.2. The van der Waals surface area contributed by atoms with Crippen molar-refractivity contribution in [1.29, 1.82) is 0 Å². The van der Waals surface area contributed by atoms with Gasteiger partial charge in [-0.15, -0.1) is 0 Å². The fraction of sp³-hybridized carbons (Fsp3) is 0.846. The zero-order chi connectivity index (χ0) is 13.9. The second-order valence-corrected chi connectivity index (χ2v) is 6.91. The molecule has 19 heavy (non-hydrogen) atoms. The summed E-state index contributed by atoms with van der Waals surface area (Å²) in [6.07, 6.45) is 8.25. The standard InChI is InChI=1S/C13H22N2O3S/c1-19-13(5-2-6-13)8-14-12(18)15-10(11(16)17)7-9-3-4-9/h9-10H,2-8H2,1H3,(H,16,17)(H2,14,15,18). The third-order valence-corrected chi connectivity index (χ3v) is 5.56. The highest BCUT2D eigenvalue weighted by Crippen LogP contribution is 2.42. The molecule has 6 heteroatoms. The zero-order valence-electron chi connectivity index (χ0n) is 11.3. The van der Waals surface area contributed by atoms with Gasteiger partial charge in [0, 0.05) is 11.3 Å². The van der Waals surface area contributed by atoms with Crippen LogP contribution >= 0.6 is 11.8 Å². The van der Waals surface area contributed by atoms with Crippen LogP contribution in [-0.4, -0.2) is 40.7 Å². The third kappa shape index (κ3) is 4.03. The molecule has 0 radical (unpaired) electrons. The molecule has 2 aliphatic rings. The maximum atomic E-state index is 11.8. The molecule has 0 bridgehead atoms. The van der Waals surface area contributed by atoms with Gasteiger partial charge in [-0.1, -0.05) is 19.3 Å². The summed E-state index contributed by atoms with van der Waals surface area (Å²) in [5.74, 6) is -0.462. The SMILES string of the molecule is CSC1(CNC(=O)NC(CC2CC2)C(=O)O)CCC1. The zero-order valence-corrected chi connectivity index (χ0v) is 12.1. The summed E-state index contributed by atoms with van der Waals surface area (Å²) < 4.78 is 0.173. The number of nitrogens with one attached hydrogen (secondary N) is 2. The molecule has 0 heterocycles. The Labute approximate surface area is 117 Å². The van der Waals surface area contributed by atoms with Gasteiger partial charge in [0.2, 0.25) is 0 Å². The van der Waals surface area contributed by atoms with Gasteiger partial charge < -0.3 is 15.7 Å². The number of thioether (sulfide) groups is 1. The van der Waals surface area contributed by atoms with Crippen LogP contribution in [0.2, 0.25) is 0 Å². The van der Waals surface area contributed by atoms with Gasteiger partial charge in [-0.2, -0.15) is 11.8 Å². The van der Waals surface area contributed by atoms with Gasteiger partial charge in [0.1, 0.15) is 6.04 Å². The number of hydrogen-bond acceptors (Lipinski definition) is 3. The Morgan fingerprint density at radius 3 is 2.53 bits per heavy atom. The molecule has 5 nitrogen and oxygen atoms in total. The van der Waals surface area contributed by atoms with Crippen molar-refractivity contribution >= 4 is 23.8 Å².